The number of aliphatic hydroxyl groups excluding tert-OH is 1. The average Bonchev–Trinajstić information content (AvgIpc) is 3.52. The van der Waals surface area contributed by atoms with Gasteiger partial charge in [0.15, 0.2) is 18.0 Å². The largest absolute Gasteiger partial charge is 0.458 e. The number of likely N-dealkylation sites (N-methyl/N-ethyl adjacent to an activating group) is 1. The highest BCUT2D eigenvalue weighted by molar-refractivity contribution is 5.88. The van der Waals surface area contributed by atoms with Crippen LogP contribution < -0.4 is 10.6 Å². The first-order valence-electron chi connectivity index (χ1n) is 21.2. The van der Waals surface area contributed by atoms with Gasteiger partial charge < -0.3 is 49.1 Å². The molecule has 3 fully saturated rings. The number of ether oxygens (including phenoxy) is 6. The predicted molar refractivity (Wildman–Crippen MR) is 225 cm³/mol. The summed E-state index contributed by atoms with van der Waals surface area (Å²) in [6, 6.07) is 8.31. The monoisotopic (exact) mass is 852 g/mol. The Morgan fingerprint density at radius 2 is 1.77 bits per heavy atom. The first-order valence-corrected chi connectivity index (χ1v) is 21.2. The van der Waals surface area contributed by atoms with E-state index in [2.05, 4.69) is 15.6 Å². The van der Waals surface area contributed by atoms with Crippen LogP contribution in [-0.4, -0.2) is 126 Å². The lowest BCUT2D eigenvalue weighted by atomic mass is 9.73. The van der Waals surface area contributed by atoms with Gasteiger partial charge in [-0.05, 0) is 78.7 Å². The van der Waals surface area contributed by atoms with Crippen LogP contribution in [0.1, 0.15) is 87.1 Å². The molecule has 0 aliphatic carbocycles. The van der Waals surface area contributed by atoms with E-state index in [0.29, 0.717) is 6.42 Å². The van der Waals surface area contributed by atoms with E-state index >= 15 is 0 Å². The van der Waals surface area contributed by atoms with Gasteiger partial charge in [0, 0.05) is 42.8 Å². The van der Waals surface area contributed by atoms with Crippen molar-refractivity contribution in [1.29, 1.82) is 0 Å². The van der Waals surface area contributed by atoms with Gasteiger partial charge in [0.05, 0.1) is 35.7 Å². The van der Waals surface area contributed by atoms with E-state index < -0.39 is 95.7 Å². The Bertz CT molecular complexity index is 1940. The summed E-state index contributed by atoms with van der Waals surface area (Å²) in [5.41, 5.74) is -1.43. The Labute approximate surface area is 358 Å². The molecular formula is C45H64N4O12. The van der Waals surface area contributed by atoms with E-state index in [0.717, 1.165) is 16.5 Å². The van der Waals surface area contributed by atoms with Crippen LogP contribution in [0.15, 0.2) is 42.6 Å². The SMILES string of the molecule is CC[C@H]1OC(=O)[C@H](C)[C@@H](O)[C@H](C)[C@@H](O[C@@H]2O[C@H](C)C[C@H](N(C)C)[C@H]2OC(C)=O)[C@](C)(OC(=O)NC/C=C/c2ccnc3ccccc23)C[C@@H](C)C(=O)[C@H](C)[C@H]2NC(=O)O[C@@]21C. The van der Waals surface area contributed by atoms with Crippen molar-refractivity contribution in [2.75, 3.05) is 20.6 Å². The predicted octanol–water partition coefficient (Wildman–Crippen LogP) is 5.18. The van der Waals surface area contributed by atoms with Gasteiger partial charge in [0.25, 0.3) is 0 Å². The lowest BCUT2D eigenvalue weighted by molar-refractivity contribution is -0.300. The van der Waals surface area contributed by atoms with E-state index in [-0.39, 0.29) is 37.3 Å². The van der Waals surface area contributed by atoms with E-state index in [1.54, 1.807) is 53.8 Å². The molecule has 16 nitrogen and oxygen atoms in total. The molecule has 0 unspecified atom stereocenters. The maximum Gasteiger partial charge on any atom is 0.408 e. The summed E-state index contributed by atoms with van der Waals surface area (Å²) in [7, 11) is 3.70. The van der Waals surface area contributed by atoms with E-state index in [4.69, 9.17) is 28.4 Å². The molecule has 0 saturated carbocycles. The van der Waals surface area contributed by atoms with Crippen molar-refractivity contribution in [1.82, 2.24) is 20.5 Å². The number of pyridine rings is 1. The van der Waals surface area contributed by atoms with Crippen LogP contribution in [0.5, 0.6) is 0 Å². The second kappa shape index (κ2) is 19.6. The fourth-order valence-electron chi connectivity index (χ4n) is 9.38. The number of nitrogens with one attached hydrogen (secondary N) is 2. The Morgan fingerprint density at radius 1 is 1.07 bits per heavy atom. The molecule has 16 heteroatoms. The van der Waals surface area contributed by atoms with Gasteiger partial charge in [-0.3, -0.25) is 19.4 Å². The lowest BCUT2D eigenvalue weighted by Gasteiger charge is -2.48. The van der Waals surface area contributed by atoms with Gasteiger partial charge in [-0.2, -0.15) is 0 Å². The average molecular weight is 853 g/mol. The number of alkyl carbamates (subject to hydrolysis) is 2. The fourth-order valence-corrected chi connectivity index (χ4v) is 9.38. The van der Waals surface area contributed by atoms with Crippen molar-refractivity contribution in [2.45, 2.75) is 142 Å². The molecule has 0 radical (unpaired) electrons. The molecule has 61 heavy (non-hydrogen) atoms. The molecule has 3 N–H and O–H groups in total. The molecule has 4 heterocycles. The van der Waals surface area contributed by atoms with Crippen molar-refractivity contribution in [3.8, 4) is 0 Å². The molecule has 1 aromatic heterocycles. The Hall–Kier alpha value is -4.64. The minimum absolute atomic E-state index is 0.0600. The zero-order chi connectivity index (χ0) is 45.0. The van der Waals surface area contributed by atoms with Gasteiger partial charge >= 0.3 is 24.1 Å². The summed E-state index contributed by atoms with van der Waals surface area (Å²) in [6.07, 6.45) is -1.95. The van der Waals surface area contributed by atoms with Crippen molar-refractivity contribution in [3.63, 3.8) is 0 Å². The number of rotatable bonds is 9. The first kappa shape index (κ1) is 47.4. The number of amides is 2. The summed E-state index contributed by atoms with van der Waals surface area (Å²) in [4.78, 5) is 74.2. The highest BCUT2D eigenvalue weighted by Gasteiger charge is 2.58. The number of benzene rings is 1. The summed E-state index contributed by atoms with van der Waals surface area (Å²) in [6.45, 7) is 14.7. The number of nitrogens with zero attached hydrogens (tertiary/aromatic N) is 2. The van der Waals surface area contributed by atoms with Crippen molar-refractivity contribution in [3.05, 3.63) is 48.2 Å². The summed E-state index contributed by atoms with van der Waals surface area (Å²) >= 11 is 0. The smallest absolute Gasteiger partial charge is 0.408 e. The second-order valence-electron chi connectivity index (χ2n) is 17.6. The third-order valence-corrected chi connectivity index (χ3v) is 12.6. The number of para-hydroxylation sites is 1. The van der Waals surface area contributed by atoms with Crippen LogP contribution in [0.2, 0.25) is 0 Å². The van der Waals surface area contributed by atoms with Crippen LogP contribution in [0.4, 0.5) is 9.59 Å². The molecule has 0 spiro atoms. The van der Waals surface area contributed by atoms with E-state index in [1.165, 1.54) is 13.8 Å². The quantitative estimate of drug-likeness (QED) is 0.220. The number of aromatic nitrogens is 1. The lowest BCUT2D eigenvalue weighted by Crippen LogP contribution is -2.61. The number of cyclic esters (lactones) is 1. The number of hydrogen-bond acceptors (Lipinski definition) is 14. The Morgan fingerprint density at radius 3 is 2.44 bits per heavy atom. The molecule has 2 aromatic rings. The van der Waals surface area contributed by atoms with Gasteiger partial charge in [-0.15, -0.1) is 0 Å². The van der Waals surface area contributed by atoms with Crippen LogP contribution >= 0.6 is 0 Å². The molecule has 3 aliphatic rings. The van der Waals surface area contributed by atoms with Gasteiger partial charge in [0.2, 0.25) is 0 Å². The number of esters is 2. The standard InChI is InChI=1S/C45H64N4O12/c1-12-34-45(9)38(48-43(55)61-45)26(4)35(51)24(2)23-44(8,60-42(54)47-20-15-16-30-19-21-46-32-18-14-13-17-31(30)32)39(27(5)36(52)28(6)40(53)58-34)59-41-37(57-29(7)50)33(49(10)11)22-25(3)56-41/h13-19,21,24-28,33-34,36-39,41,52H,12,20,22-23H2,1-11H3,(H,47,54)(H,48,55)/b16-15+/t24-,25-,26+,27+,28-,33+,34-,36+,37-,38-,39-,41+,44-,45-/m1/s1. The number of Topliss-reactive ketones (excluding diaryl/α,β-unsaturated/α-hetero) is 1. The summed E-state index contributed by atoms with van der Waals surface area (Å²) in [5.74, 6) is -5.51. The molecule has 3 aliphatic heterocycles. The normalized spacial score (nSPS) is 36.4. The van der Waals surface area contributed by atoms with Crippen LogP contribution in [0, 0.1) is 23.7 Å². The Balaban J connectivity index is 1.56. The minimum atomic E-state index is -1.72. The number of fused-ring (bicyclic) bond motifs is 2. The molecule has 3 saturated heterocycles. The van der Waals surface area contributed by atoms with Crippen molar-refractivity contribution < 1.29 is 57.5 Å². The minimum Gasteiger partial charge on any atom is -0.458 e. The molecule has 1 aromatic carbocycles. The number of carbonyl (C=O) groups is 5. The van der Waals surface area contributed by atoms with E-state index in [1.807, 2.05) is 62.3 Å². The molecule has 5 rings (SSSR count). The maximum absolute atomic E-state index is 14.5. The second-order valence-corrected chi connectivity index (χ2v) is 17.6. The highest BCUT2D eigenvalue weighted by Crippen LogP contribution is 2.41. The van der Waals surface area contributed by atoms with Crippen LogP contribution in [0.25, 0.3) is 17.0 Å². The Kier molecular flexibility index (Phi) is 15.2. The number of hydrogen-bond donors (Lipinski definition) is 3. The molecule has 0 bridgehead atoms. The highest BCUT2D eigenvalue weighted by atomic mass is 16.7. The van der Waals surface area contributed by atoms with Crippen molar-refractivity contribution >= 4 is 46.9 Å². The summed E-state index contributed by atoms with van der Waals surface area (Å²) < 4.78 is 37.2. The van der Waals surface area contributed by atoms with Gasteiger partial charge in [-0.1, -0.05) is 58.0 Å². The third-order valence-electron chi connectivity index (χ3n) is 12.6. The first-order chi connectivity index (χ1) is 28.7. The number of aliphatic hydroxyl groups is 1. The number of ketones is 1. The zero-order valence-electron chi connectivity index (χ0n) is 37.2. The molecular weight excluding hydrogens is 789 g/mol. The van der Waals surface area contributed by atoms with E-state index in [9.17, 15) is 29.1 Å². The summed E-state index contributed by atoms with van der Waals surface area (Å²) in [5, 5.41) is 18.6. The van der Waals surface area contributed by atoms with Crippen LogP contribution in [0.3, 0.4) is 0 Å². The van der Waals surface area contributed by atoms with Crippen molar-refractivity contribution in [2.24, 2.45) is 23.7 Å². The topological polar surface area (TPSA) is 201 Å². The maximum atomic E-state index is 14.5. The zero-order valence-corrected chi connectivity index (χ0v) is 37.2. The van der Waals surface area contributed by atoms with Gasteiger partial charge in [-0.25, -0.2) is 9.59 Å². The molecule has 2 amide bonds. The number of carbonyl (C=O) groups excluding carboxylic acids is 5. The third kappa shape index (κ3) is 10.5. The molecule has 336 valence electrons. The fraction of sp³-hybridized carbons (Fsp3) is 0.644. The molecule has 14 atom stereocenters. The van der Waals surface area contributed by atoms with Crippen LogP contribution in [-0.2, 0) is 42.8 Å². The van der Waals surface area contributed by atoms with Gasteiger partial charge in [0.1, 0.15) is 23.6 Å².